The summed E-state index contributed by atoms with van der Waals surface area (Å²) in [5.41, 5.74) is 2.02. The fourth-order valence-corrected chi connectivity index (χ4v) is 13.0. The highest BCUT2D eigenvalue weighted by atomic mass is 32.2. The third kappa shape index (κ3) is 5.85. The van der Waals surface area contributed by atoms with Gasteiger partial charge in [-0.25, -0.2) is 12.7 Å². The molecule has 0 saturated carbocycles. The molecule has 0 saturated heterocycles. The second-order valence-corrected chi connectivity index (χ2v) is 18.6. The molecule has 1 unspecified atom stereocenters. The van der Waals surface area contributed by atoms with Gasteiger partial charge in [0.15, 0.2) is 0 Å². The lowest BCUT2D eigenvalue weighted by Gasteiger charge is -2.45. The number of benzene rings is 4. The van der Waals surface area contributed by atoms with Crippen LogP contribution in [0.1, 0.15) is 31.9 Å². The number of rotatable bonds is 8. The predicted octanol–water partition coefficient (Wildman–Crippen LogP) is 6.54. The first-order chi connectivity index (χ1) is 19.6. The molecule has 4 aromatic carbocycles. The van der Waals surface area contributed by atoms with Crippen molar-refractivity contribution < 1.29 is 8.42 Å². The van der Waals surface area contributed by atoms with Gasteiger partial charge in [0.25, 0.3) is 10.0 Å². The van der Waals surface area contributed by atoms with Crippen LogP contribution in [0.25, 0.3) is 6.08 Å². The Morgan fingerprint density at radius 3 is 1.80 bits per heavy atom. The van der Waals surface area contributed by atoms with Gasteiger partial charge in [0, 0.05) is 0 Å². The zero-order chi connectivity index (χ0) is 29.1. The number of amidine groups is 1. The van der Waals surface area contributed by atoms with E-state index in [1.165, 1.54) is 14.7 Å². The molecule has 0 bridgehead atoms. The maximum Gasteiger partial charge on any atom is 0.265 e. The summed E-state index contributed by atoms with van der Waals surface area (Å²) in [5.74, 6) is 0.484. The van der Waals surface area contributed by atoms with E-state index in [0.717, 1.165) is 17.2 Å². The summed E-state index contributed by atoms with van der Waals surface area (Å²) in [6.07, 6.45) is 3.80. The van der Waals surface area contributed by atoms with E-state index in [1.807, 2.05) is 61.5 Å². The molecule has 0 aliphatic carbocycles. The number of sulfonamides is 1. The van der Waals surface area contributed by atoms with Gasteiger partial charge in [0.05, 0.1) is 17.5 Å². The van der Waals surface area contributed by atoms with Crippen LogP contribution >= 0.6 is 0 Å². The topological polar surface area (TPSA) is 49.7 Å². The summed E-state index contributed by atoms with van der Waals surface area (Å²) in [6, 6.07) is 39.2. The average Bonchev–Trinajstić information content (AvgIpc) is 3.39. The number of hydrogen-bond donors (Lipinski definition) is 0. The number of aryl methyl sites for hydroxylation is 1. The molecule has 0 spiro atoms. The Kier molecular flexibility index (Phi) is 8.16. The molecule has 4 nitrogen and oxygen atoms in total. The Morgan fingerprint density at radius 1 is 0.780 bits per heavy atom. The number of nitrogens with zero attached hydrogens (tertiary/aromatic N) is 2. The van der Waals surface area contributed by atoms with Crippen LogP contribution in [-0.4, -0.2) is 39.2 Å². The Bertz CT molecular complexity index is 1590. The third-order valence-corrected chi connectivity index (χ3v) is 16.2. The maximum absolute atomic E-state index is 14.0. The highest BCUT2D eigenvalue weighted by molar-refractivity contribution is 7.89. The second-order valence-electron chi connectivity index (χ2n) is 11.8. The first kappa shape index (κ1) is 28.8. The minimum atomic E-state index is -3.80. The summed E-state index contributed by atoms with van der Waals surface area (Å²) in [7, 11) is -6.25. The molecule has 6 heteroatoms. The van der Waals surface area contributed by atoms with E-state index in [0.29, 0.717) is 12.4 Å². The van der Waals surface area contributed by atoms with Crippen molar-refractivity contribution in [1.82, 2.24) is 4.31 Å². The van der Waals surface area contributed by atoms with Crippen LogP contribution in [0.3, 0.4) is 0 Å². The van der Waals surface area contributed by atoms with Crippen molar-refractivity contribution in [2.75, 3.05) is 6.54 Å². The van der Waals surface area contributed by atoms with Gasteiger partial charge in [0.1, 0.15) is 13.9 Å². The molecule has 41 heavy (non-hydrogen) atoms. The van der Waals surface area contributed by atoms with E-state index in [9.17, 15) is 8.42 Å². The smallest absolute Gasteiger partial charge is 0.263 e. The van der Waals surface area contributed by atoms with Crippen molar-refractivity contribution in [3.8, 4) is 0 Å². The first-order valence-corrected chi connectivity index (χ1v) is 17.8. The highest BCUT2D eigenvalue weighted by Gasteiger charge is 2.50. The monoisotopic (exact) mass is 578 g/mol. The molecule has 210 valence electrons. The van der Waals surface area contributed by atoms with Crippen molar-refractivity contribution in [1.29, 1.82) is 0 Å². The quantitative estimate of drug-likeness (QED) is 0.223. The van der Waals surface area contributed by atoms with Gasteiger partial charge in [0.2, 0.25) is 0 Å². The van der Waals surface area contributed by atoms with E-state index in [2.05, 4.69) is 81.4 Å². The van der Waals surface area contributed by atoms with Gasteiger partial charge in [-0.05, 0) is 41.8 Å². The van der Waals surface area contributed by atoms with Crippen LogP contribution < -0.4 is 10.4 Å². The Morgan fingerprint density at radius 2 is 1.29 bits per heavy atom. The molecule has 1 atom stereocenters. The molecule has 0 amide bonds. The van der Waals surface area contributed by atoms with Gasteiger partial charge in [-0.15, -0.1) is 0 Å². The SMILES string of the molecule is Cc1ccc(S(=O)(=O)N2CC(C[Si](c3ccccc3)(c3ccccc3)C(C)(C)C)N=C2/C=C/c2ccccc2)cc1. The molecule has 5 rings (SSSR count). The van der Waals surface area contributed by atoms with Crippen LogP contribution in [0.5, 0.6) is 0 Å². The number of hydrogen-bond acceptors (Lipinski definition) is 3. The number of aliphatic imine (C=N–C) groups is 1. The average molecular weight is 579 g/mol. The van der Waals surface area contributed by atoms with Crippen molar-refractivity contribution in [2.24, 2.45) is 4.99 Å². The lowest BCUT2D eigenvalue weighted by Crippen LogP contribution is -2.65. The zero-order valence-corrected chi connectivity index (χ0v) is 26.1. The fraction of sp³-hybridized carbons (Fsp3) is 0.229. The van der Waals surface area contributed by atoms with E-state index < -0.39 is 18.1 Å². The van der Waals surface area contributed by atoms with Gasteiger partial charge in [-0.2, -0.15) is 0 Å². The van der Waals surface area contributed by atoms with Gasteiger partial charge >= 0.3 is 0 Å². The van der Waals surface area contributed by atoms with E-state index in [-0.39, 0.29) is 16.0 Å². The minimum Gasteiger partial charge on any atom is -0.263 e. The highest BCUT2D eigenvalue weighted by Crippen LogP contribution is 2.41. The van der Waals surface area contributed by atoms with Crippen LogP contribution in [0.4, 0.5) is 0 Å². The molecule has 1 aliphatic rings. The Balaban J connectivity index is 1.61. The minimum absolute atomic E-state index is 0.0471. The van der Waals surface area contributed by atoms with Crippen molar-refractivity contribution in [3.05, 3.63) is 132 Å². The summed E-state index contributed by atoms with van der Waals surface area (Å²) >= 11 is 0. The predicted molar refractivity (Wildman–Crippen MR) is 174 cm³/mol. The summed E-state index contributed by atoms with van der Waals surface area (Å²) in [6.45, 7) is 9.26. The molecule has 1 aliphatic heterocycles. The van der Waals surface area contributed by atoms with Crippen molar-refractivity contribution in [2.45, 2.75) is 49.7 Å². The molecule has 0 fully saturated rings. The Hall–Kier alpha value is -3.74. The van der Waals surface area contributed by atoms with E-state index in [1.54, 1.807) is 12.1 Å². The van der Waals surface area contributed by atoms with E-state index >= 15 is 0 Å². The maximum atomic E-state index is 14.0. The largest absolute Gasteiger partial charge is 0.265 e. The second kappa shape index (κ2) is 11.6. The van der Waals surface area contributed by atoms with Crippen molar-refractivity contribution in [3.63, 3.8) is 0 Å². The van der Waals surface area contributed by atoms with Crippen molar-refractivity contribution >= 4 is 40.4 Å². The van der Waals surface area contributed by atoms with Gasteiger partial charge < -0.3 is 0 Å². The van der Waals surface area contributed by atoms with Crippen LogP contribution in [0.15, 0.2) is 131 Å². The summed E-state index contributed by atoms with van der Waals surface area (Å²) in [4.78, 5) is 5.44. The normalized spacial score (nSPS) is 16.2. The summed E-state index contributed by atoms with van der Waals surface area (Å²) in [5, 5.41) is 2.64. The molecular formula is C35H38N2O2SSi. The van der Waals surface area contributed by atoms with Crippen LogP contribution in [-0.2, 0) is 10.0 Å². The molecule has 1 heterocycles. The molecule has 0 radical (unpaired) electrons. The fourth-order valence-electron chi connectivity index (χ4n) is 5.98. The lowest BCUT2D eigenvalue weighted by molar-refractivity contribution is 0.521. The van der Waals surface area contributed by atoms with Crippen LogP contribution in [0.2, 0.25) is 11.1 Å². The molecular weight excluding hydrogens is 541 g/mol. The van der Waals surface area contributed by atoms with Gasteiger partial charge in [-0.3, -0.25) is 4.99 Å². The van der Waals surface area contributed by atoms with E-state index in [4.69, 9.17) is 4.99 Å². The standard InChI is InChI=1S/C35H38N2O2SSi/c1-28-20-23-31(24-21-28)40(38,39)37-26-30(36-34(37)25-22-29-14-8-5-9-15-29)27-41(35(2,3)4,32-16-10-6-11-17-32)33-18-12-7-13-19-33/h5-25,30H,26-27H2,1-4H3/b25-22+. The van der Waals surface area contributed by atoms with Crippen LogP contribution in [0, 0.1) is 6.92 Å². The first-order valence-electron chi connectivity index (χ1n) is 14.1. The molecule has 0 aromatic heterocycles. The Labute approximate surface area is 246 Å². The zero-order valence-electron chi connectivity index (χ0n) is 24.2. The summed E-state index contributed by atoms with van der Waals surface area (Å²) < 4.78 is 29.6. The third-order valence-electron chi connectivity index (χ3n) is 8.14. The molecule has 4 aromatic rings. The van der Waals surface area contributed by atoms with Gasteiger partial charge in [-0.1, -0.05) is 146 Å². The lowest BCUT2D eigenvalue weighted by atomic mass is 10.2. The molecule has 0 N–H and O–H groups in total.